The summed E-state index contributed by atoms with van der Waals surface area (Å²) in [6, 6.07) is 7.97. The minimum Gasteiger partial charge on any atom is -0.338 e. The molecule has 0 saturated heterocycles. The fourth-order valence-corrected chi connectivity index (χ4v) is 3.50. The fourth-order valence-electron chi connectivity index (χ4n) is 1.82. The topological polar surface area (TPSA) is 56.0 Å². The Bertz CT molecular complexity index is 756. The van der Waals surface area contributed by atoms with Crippen molar-refractivity contribution in [3.8, 4) is 11.4 Å². The quantitative estimate of drug-likeness (QED) is 0.722. The number of rotatable bonds is 5. The van der Waals surface area contributed by atoms with E-state index in [1.165, 1.54) is 12.1 Å². The van der Waals surface area contributed by atoms with Gasteiger partial charge in [0.25, 0.3) is 0 Å². The summed E-state index contributed by atoms with van der Waals surface area (Å²) in [5.41, 5.74) is 1.57. The van der Waals surface area contributed by atoms with Crippen molar-refractivity contribution in [3.05, 3.63) is 58.4 Å². The minimum atomic E-state index is -1.22. The van der Waals surface area contributed by atoms with Crippen LogP contribution >= 0.6 is 11.3 Å². The lowest BCUT2D eigenvalue weighted by molar-refractivity contribution is 0.390. The average Bonchev–Trinajstić information content (AvgIpc) is 3.08. The van der Waals surface area contributed by atoms with E-state index in [0.29, 0.717) is 17.3 Å². The molecule has 7 heteroatoms. The van der Waals surface area contributed by atoms with Crippen LogP contribution in [-0.2, 0) is 22.3 Å². The number of aromatic nitrogens is 2. The standard InChI is InChI=1S/C14H11FN2O2S2/c15-12-3-1-2-10(6-12)8-21(18)9-13-16-14(17-19-13)11-4-5-20-7-11/h1-7H,8-9H2. The van der Waals surface area contributed by atoms with E-state index in [4.69, 9.17) is 4.52 Å². The van der Waals surface area contributed by atoms with Gasteiger partial charge in [-0.1, -0.05) is 17.3 Å². The summed E-state index contributed by atoms with van der Waals surface area (Å²) >= 11 is 1.54. The molecule has 1 unspecified atom stereocenters. The second kappa shape index (κ2) is 6.28. The van der Waals surface area contributed by atoms with Crippen molar-refractivity contribution >= 4 is 22.1 Å². The smallest absolute Gasteiger partial charge is 0.239 e. The third kappa shape index (κ3) is 3.62. The fraction of sp³-hybridized carbons (Fsp3) is 0.143. The summed E-state index contributed by atoms with van der Waals surface area (Å²) in [7, 11) is -1.22. The number of nitrogens with zero attached hydrogens (tertiary/aromatic N) is 2. The van der Waals surface area contributed by atoms with Crippen LogP contribution in [0.25, 0.3) is 11.4 Å². The van der Waals surface area contributed by atoms with E-state index >= 15 is 0 Å². The van der Waals surface area contributed by atoms with Gasteiger partial charge < -0.3 is 4.52 Å². The van der Waals surface area contributed by atoms with Gasteiger partial charge >= 0.3 is 0 Å². The molecule has 108 valence electrons. The van der Waals surface area contributed by atoms with E-state index < -0.39 is 10.8 Å². The van der Waals surface area contributed by atoms with Gasteiger partial charge in [-0.05, 0) is 29.1 Å². The molecule has 2 heterocycles. The van der Waals surface area contributed by atoms with Crippen molar-refractivity contribution < 1.29 is 13.1 Å². The molecular formula is C14H11FN2O2S2. The van der Waals surface area contributed by atoms with Crippen molar-refractivity contribution in [1.29, 1.82) is 0 Å². The first-order valence-corrected chi connectivity index (χ1v) is 8.58. The van der Waals surface area contributed by atoms with E-state index in [-0.39, 0.29) is 17.3 Å². The highest BCUT2D eigenvalue weighted by Crippen LogP contribution is 2.19. The lowest BCUT2D eigenvalue weighted by Crippen LogP contribution is -2.00. The molecule has 0 aliphatic heterocycles. The zero-order chi connectivity index (χ0) is 14.7. The maximum Gasteiger partial charge on any atom is 0.239 e. The highest BCUT2D eigenvalue weighted by Gasteiger charge is 2.12. The van der Waals surface area contributed by atoms with Crippen LogP contribution in [-0.4, -0.2) is 14.3 Å². The molecule has 0 aliphatic rings. The molecule has 1 atom stereocenters. The maximum atomic E-state index is 13.1. The summed E-state index contributed by atoms with van der Waals surface area (Å²) in [4.78, 5) is 4.21. The number of benzene rings is 1. The Morgan fingerprint density at radius 1 is 1.29 bits per heavy atom. The third-order valence-corrected chi connectivity index (χ3v) is 4.66. The van der Waals surface area contributed by atoms with E-state index in [1.54, 1.807) is 23.5 Å². The van der Waals surface area contributed by atoms with Gasteiger partial charge in [0.2, 0.25) is 11.7 Å². The van der Waals surface area contributed by atoms with Crippen LogP contribution in [0, 0.1) is 5.82 Å². The summed E-state index contributed by atoms with van der Waals surface area (Å²) in [6.07, 6.45) is 0. The Balaban J connectivity index is 1.65. The molecule has 0 N–H and O–H groups in total. The van der Waals surface area contributed by atoms with Crippen molar-refractivity contribution in [1.82, 2.24) is 10.1 Å². The molecule has 0 saturated carbocycles. The summed E-state index contributed by atoms with van der Waals surface area (Å²) in [5.74, 6) is 0.906. The Kier molecular flexibility index (Phi) is 4.21. The third-order valence-electron chi connectivity index (χ3n) is 2.75. The van der Waals surface area contributed by atoms with Gasteiger partial charge in [0, 0.05) is 27.5 Å². The molecule has 4 nitrogen and oxygen atoms in total. The predicted octanol–water partition coefficient (Wildman–Crippen LogP) is 3.39. The highest BCUT2D eigenvalue weighted by atomic mass is 32.2. The monoisotopic (exact) mass is 322 g/mol. The first-order chi connectivity index (χ1) is 10.2. The molecule has 3 rings (SSSR count). The van der Waals surface area contributed by atoms with Gasteiger partial charge in [0.05, 0.1) is 0 Å². The van der Waals surface area contributed by atoms with Crippen molar-refractivity contribution in [2.75, 3.05) is 0 Å². The number of thiophene rings is 1. The Morgan fingerprint density at radius 2 is 2.19 bits per heavy atom. The van der Waals surface area contributed by atoms with Gasteiger partial charge in [0.1, 0.15) is 11.6 Å². The molecular weight excluding hydrogens is 311 g/mol. The molecule has 0 radical (unpaired) electrons. The Labute approximate surface area is 127 Å². The van der Waals surface area contributed by atoms with E-state index in [1.807, 2.05) is 16.8 Å². The van der Waals surface area contributed by atoms with Gasteiger partial charge in [-0.15, -0.1) is 0 Å². The second-order valence-corrected chi connectivity index (χ2v) is 6.62. The minimum absolute atomic E-state index is 0.160. The number of hydrogen-bond acceptors (Lipinski definition) is 5. The molecule has 0 fully saturated rings. The molecule has 2 aromatic heterocycles. The molecule has 0 bridgehead atoms. The maximum absolute atomic E-state index is 13.1. The van der Waals surface area contributed by atoms with Crippen molar-refractivity contribution in [2.24, 2.45) is 0 Å². The van der Waals surface area contributed by atoms with E-state index in [9.17, 15) is 8.60 Å². The Hall–Kier alpha value is -1.86. The second-order valence-electron chi connectivity index (χ2n) is 4.38. The van der Waals surface area contributed by atoms with Crippen molar-refractivity contribution in [3.63, 3.8) is 0 Å². The highest BCUT2D eigenvalue weighted by molar-refractivity contribution is 7.83. The molecule has 0 spiro atoms. The van der Waals surface area contributed by atoms with E-state index in [2.05, 4.69) is 10.1 Å². The van der Waals surface area contributed by atoms with Crippen LogP contribution in [0.3, 0.4) is 0 Å². The van der Waals surface area contributed by atoms with Crippen LogP contribution in [0.15, 0.2) is 45.6 Å². The van der Waals surface area contributed by atoms with Crippen LogP contribution < -0.4 is 0 Å². The summed E-state index contributed by atoms with van der Waals surface area (Å²) in [6.45, 7) is 0. The first kappa shape index (κ1) is 14.1. The number of hydrogen-bond donors (Lipinski definition) is 0. The van der Waals surface area contributed by atoms with Crippen LogP contribution in [0.2, 0.25) is 0 Å². The Morgan fingerprint density at radius 3 is 2.95 bits per heavy atom. The molecule has 0 aliphatic carbocycles. The average molecular weight is 322 g/mol. The molecule has 3 aromatic rings. The largest absolute Gasteiger partial charge is 0.338 e. The van der Waals surface area contributed by atoms with Gasteiger partial charge in [-0.2, -0.15) is 16.3 Å². The summed E-state index contributed by atoms with van der Waals surface area (Å²) < 4.78 is 30.2. The molecule has 0 amide bonds. The predicted molar refractivity (Wildman–Crippen MR) is 79.6 cm³/mol. The normalized spacial score (nSPS) is 12.4. The van der Waals surface area contributed by atoms with Gasteiger partial charge in [-0.25, -0.2) is 4.39 Å². The van der Waals surface area contributed by atoms with Gasteiger partial charge in [-0.3, -0.25) is 4.21 Å². The lowest BCUT2D eigenvalue weighted by Gasteiger charge is -2.00. The zero-order valence-corrected chi connectivity index (χ0v) is 12.5. The first-order valence-electron chi connectivity index (χ1n) is 6.15. The van der Waals surface area contributed by atoms with E-state index in [0.717, 1.165) is 5.56 Å². The zero-order valence-electron chi connectivity index (χ0n) is 10.9. The van der Waals surface area contributed by atoms with Crippen LogP contribution in [0.4, 0.5) is 4.39 Å². The number of halogens is 1. The van der Waals surface area contributed by atoms with Crippen LogP contribution in [0.5, 0.6) is 0 Å². The lowest BCUT2D eigenvalue weighted by atomic mass is 10.2. The van der Waals surface area contributed by atoms with Gasteiger partial charge in [0.15, 0.2) is 0 Å². The SMILES string of the molecule is O=S(Cc1cccc(F)c1)Cc1nc(-c2ccsc2)no1. The molecule has 21 heavy (non-hydrogen) atoms. The summed E-state index contributed by atoms with van der Waals surface area (Å²) in [5, 5.41) is 7.70. The van der Waals surface area contributed by atoms with Crippen LogP contribution in [0.1, 0.15) is 11.5 Å². The van der Waals surface area contributed by atoms with Crippen molar-refractivity contribution in [2.45, 2.75) is 11.5 Å². The molecule has 1 aromatic carbocycles.